The van der Waals surface area contributed by atoms with E-state index in [0.29, 0.717) is 19.4 Å². The minimum Gasteiger partial charge on any atom is -0.444 e. The number of benzene rings is 1. The summed E-state index contributed by atoms with van der Waals surface area (Å²) in [5, 5.41) is 5.48. The molecule has 2 N–H and O–H groups in total. The Morgan fingerprint density at radius 3 is 2.48 bits per heavy atom. The van der Waals surface area contributed by atoms with E-state index in [2.05, 4.69) is 10.6 Å². The molecule has 0 aliphatic heterocycles. The topological polar surface area (TPSA) is 67.4 Å². The number of hydrogen-bond acceptors (Lipinski definition) is 3. The standard InChI is InChI=1S/C16H24N2O3/c1-12-8-5-6-9-13(12)18-14(19)10-7-11-17-15(20)21-16(2,3)4/h5-6,8-9H,7,10-11H2,1-4H3,(H,17,20)(H,18,19). The van der Waals surface area contributed by atoms with Crippen molar-refractivity contribution in [1.29, 1.82) is 0 Å². The van der Waals surface area contributed by atoms with Crippen LogP contribution < -0.4 is 10.6 Å². The highest BCUT2D eigenvalue weighted by molar-refractivity contribution is 5.91. The van der Waals surface area contributed by atoms with E-state index >= 15 is 0 Å². The molecule has 0 aromatic heterocycles. The Hall–Kier alpha value is -2.04. The van der Waals surface area contributed by atoms with Crippen LogP contribution in [0.25, 0.3) is 0 Å². The van der Waals surface area contributed by atoms with Crippen LogP contribution >= 0.6 is 0 Å². The molecule has 0 aliphatic rings. The summed E-state index contributed by atoms with van der Waals surface area (Å²) in [4.78, 5) is 23.2. The van der Waals surface area contributed by atoms with Crippen molar-refractivity contribution in [2.75, 3.05) is 11.9 Å². The van der Waals surface area contributed by atoms with Crippen molar-refractivity contribution in [3.05, 3.63) is 29.8 Å². The Balaban J connectivity index is 2.23. The van der Waals surface area contributed by atoms with Crippen molar-refractivity contribution < 1.29 is 14.3 Å². The van der Waals surface area contributed by atoms with Crippen molar-refractivity contribution in [1.82, 2.24) is 5.32 Å². The van der Waals surface area contributed by atoms with Gasteiger partial charge in [0.25, 0.3) is 0 Å². The predicted molar refractivity (Wildman–Crippen MR) is 83.3 cm³/mol. The molecule has 0 spiro atoms. The SMILES string of the molecule is Cc1ccccc1NC(=O)CCCNC(=O)OC(C)(C)C. The van der Waals surface area contributed by atoms with Crippen molar-refractivity contribution in [2.45, 2.75) is 46.1 Å². The van der Waals surface area contributed by atoms with Gasteiger partial charge in [0.05, 0.1) is 0 Å². The Morgan fingerprint density at radius 2 is 1.86 bits per heavy atom. The van der Waals surface area contributed by atoms with Crippen molar-refractivity contribution in [2.24, 2.45) is 0 Å². The van der Waals surface area contributed by atoms with Gasteiger partial charge in [0.1, 0.15) is 5.60 Å². The van der Waals surface area contributed by atoms with Gasteiger partial charge in [-0.3, -0.25) is 4.79 Å². The molecule has 0 saturated carbocycles. The number of alkyl carbamates (subject to hydrolysis) is 1. The highest BCUT2D eigenvalue weighted by Crippen LogP contribution is 2.13. The normalized spacial score (nSPS) is 10.9. The molecule has 0 aliphatic carbocycles. The lowest BCUT2D eigenvalue weighted by Crippen LogP contribution is -2.33. The maximum Gasteiger partial charge on any atom is 0.407 e. The molecular formula is C16H24N2O3. The molecule has 5 heteroatoms. The van der Waals surface area contributed by atoms with Gasteiger partial charge in [0.15, 0.2) is 0 Å². The fourth-order valence-corrected chi connectivity index (χ4v) is 1.68. The zero-order valence-electron chi connectivity index (χ0n) is 13.2. The summed E-state index contributed by atoms with van der Waals surface area (Å²) >= 11 is 0. The molecule has 0 heterocycles. The fraction of sp³-hybridized carbons (Fsp3) is 0.500. The van der Waals surface area contributed by atoms with E-state index in [0.717, 1.165) is 11.3 Å². The third-order valence-corrected chi connectivity index (χ3v) is 2.67. The molecule has 5 nitrogen and oxygen atoms in total. The number of aryl methyl sites for hydroxylation is 1. The number of rotatable bonds is 5. The summed E-state index contributed by atoms with van der Waals surface area (Å²) in [7, 11) is 0. The molecule has 0 bridgehead atoms. The third-order valence-electron chi connectivity index (χ3n) is 2.67. The van der Waals surface area contributed by atoms with Crippen LogP contribution in [0, 0.1) is 6.92 Å². The maximum absolute atomic E-state index is 11.8. The number of anilines is 1. The first-order chi connectivity index (χ1) is 9.78. The van der Waals surface area contributed by atoms with Gasteiger partial charge in [-0.05, 0) is 45.7 Å². The first-order valence-electron chi connectivity index (χ1n) is 7.10. The predicted octanol–water partition coefficient (Wildman–Crippen LogP) is 3.24. The molecule has 0 unspecified atom stereocenters. The van der Waals surface area contributed by atoms with Crippen LogP contribution in [0.3, 0.4) is 0 Å². The molecule has 1 rings (SSSR count). The van der Waals surface area contributed by atoms with E-state index in [9.17, 15) is 9.59 Å². The van der Waals surface area contributed by atoms with Gasteiger partial charge in [-0.25, -0.2) is 4.79 Å². The van der Waals surface area contributed by atoms with E-state index in [1.54, 1.807) is 0 Å². The summed E-state index contributed by atoms with van der Waals surface area (Å²) in [6.45, 7) is 7.78. The second-order valence-electron chi connectivity index (χ2n) is 5.90. The van der Waals surface area contributed by atoms with Gasteiger partial charge in [-0.2, -0.15) is 0 Å². The number of amides is 2. The summed E-state index contributed by atoms with van der Waals surface area (Å²) in [5.74, 6) is -0.0599. The number of carbonyl (C=O) groups excluding carboxylic acids is 2. The summed E-state index contributed by atoms with van der Waals surface area (Å²) < 4.78 is 5.11. The number of ether oxygens (including phenoxy) is 1. The average Bonchev–Trinajstić information content (AvgIpc) is 2.35. The smallest absolute Gasteiger partial charge is 0.407 e. The van der Waals surface area contributed by atoms with Crippen molar-refractivity contribution >= 4 is 17.7 Å². The highest BCUT2D eigenvalue weighted by Gasteiger charge is 2.15. The molecule has 0 fully saturated rings. The molecule has 1 aromatic carbocycles. The van der Waals surface area contributed by atoms with E-state index in [-0.39, 0.29) is 5.91 Å². The second kappa shape index (κ2) is 7.67. The lowest BCUT2D eigenvalue weighted by Gasteiger charge is -2.19. The van der Waals surface area contributed by atoms with E-state index < -0.39 is 11.7 Å². The lowest BCUT2D eigenvalue weighted by atomic mass is 10.2. The Bertz CT molecular complexity index is 493. The second-order valence-corrected chi connectivity index (χ2v) is 5.90. The van der Waals surface area contributed by atoms with Crippen LogP contribution in [0.15, 0.2) is 24.3 Å². The molecule has 116 valence electrons. The molecular weight excluding hydrogens is 268 g/mol. The van der Waals surface area contributed by atoms with Crippen molar-refractivity contribution in [3.63, 3.8) is 0 Å². The van der Waals surface area contributed by atoms with Crippen LogP contribution in [0.5, 0.6) is 0 Å². The first-order valence-corrected chi connectivity index (χ1v) is 7.10. The minimum atomic E-state index is -0.508. The monoisotopic (exact) mass is 292 g/mol. The minimum absolute atomic E-state index is 0.0599. The van der Waals surface area contributed by atoms with Crippen LogP contribution in [0.1, 0.15) is 39.2 Å². The number of carbonyl (C=O) groups is 2. The van der Waals surface area contributed by atoms with Crippen LogP contribution in [0.2, 0.25) is 0 Å². The first kappa shape index (κ1) is 17.0. The molecule has 21 heavy (non-hydrogen) atoms. The Labute approximate surface area is 126 Å². The highest BCUT2D eigenvalue weighted by atomic mass is 16.6. The molecule has 0 atom stereocenters. The van der Waals surface area contributed by atoms with Crippen LogP contribution in [-0.2, 0) is 9.53 Å². The van der Waals surface area contributed by atoms with Gasteiger partial charge < -0.3 is 15.4 Å². The summed E-state index contributed by atoms with van der Waals surface area (Å²) in [5.41, 5.74) is 1.34. The van der Waals surface area contributed by atoms with Crippen LogP contribution in [-0.4, -0.2) is 24.1 Å². The van der Waals surface area contributed by atoms with E-state index in [4.69, 9.17) is 4.74 Å². The lowest BCUT2D eigenvalue weighted by molar-refractivity contribution is -0.116. The Morgan fingerprint density at radius 1 is 1.19 bits per heavy atom. The van der Waals surface area contributed by atoms with Crippen LogP contribution in [0.4, 0.5) is 10.5 Å². The van der Waals surface area contributed by atoms with Crippen molar-refractivity contribution in [3.8, 4) is 0 Å². The Kier molecular flexibility index (Phi) is 6.21. The largest absolute Gasteiger partial charge is 0.444 e. The molecule has 0 radical (unpaired) electrons. The zero-order chi connectivity index (χ0) is 15.9. The fourth-order valence-electron chi connectivity index (χ4n) is 1.68. The number of para-hydroxylation sites is 1. The third kappa shape index (κ3) is 7.34. The van der Waals surface area contributed by atoms with Gasteiger partial charge in [-0.15, -0.1) is 0 Å². The van der Waals surface area contributed by atoms with Gasteiger partial charge in [0.2, 0.25) is 5.91 Å². The molecule has 0 saturated heterocycles. The van der Waals surface area contributed by atoms with E-state index in [1.165, 1.54) is 0 Å². The van der Waals surface area contributed by atoms with Gasteiger partial charge in [0, 0.05) is 18.7 Å². The molecule has 2 amide bonds. The van der Waals surface area contributed by atoms with Gasteiger partial charge in [-0.1, -0.05) is 18.2 Å². The van der Waals surface area contributed by atoms with E-state index in [1.807, 2.05) is 52.0 Å². The summed E-state index contributed by atoms with van der Waals surface area (Å²) in [6.07, 6.45) is 0.461. The zero-order valence-corrected chi connectivity index (χ0v) is 13.2. The average molecular weight is 292 g/mol. The maximum atomic E-state index is 11.8. The number of hydrogen-bond donors (Lipinski definition) is 2. The summed E-state index contributed by atoms with van der Waals surface area (Å²) in [6, 6.07) is 7.62. The molecule has 1 aromatic rings. The quantitative estimate of drug-likeness (QED) is 0.819. The number of nitrogens with one attached hydrogen (secondary N) is 2. The van der Waals surface area contributed by atoms with Gasteiger partial charge >= 0.3 is 6.09 Å².